The molecule has 1 heterocycles. The summed E-state index contributed by atoms with van der Waals surface area (Å²) in [5, 5.41) is 5.72. The number of carbonyl (C=O) groups is 2. The molecule has 0 fully saturated rings. The van der Waals surface area contributed by atoms with Gasteiger partial charge in [-0.05, 0) is 24.1 Å². The van der Waals surface area contributed by atoms with Crippen molar-refractivity contribution in [1.29, 1.82) is 0 Å². The van der Waals surface area contributed by atoms with Crippen molar-refractivity contribution in [1.82, 2.24) is 0 Å². The average molecular weight is 278 g/mol. The van der Waals surface area contributed by atoms with Gasteiger partial charge >= 0.3 is 0 Å². The van der Waals surface area contributed by atoms with E-state index in [-0.39, 0.29) is 5.91 Å². The molecule has 0 aliphatic carbocycles. The molecule has 0 saturated heterocycles. The van der Waals surface area contributed by atoms with E-state index >= 15 is 0 Å². The van der Waals surface area contributed by atoms with Crippen LogP contribution in [-0.4, -0.2) is 17.9 Å². The zero-order chi connectivity index (χ0) is 14.8. The van der Waals surface area contributed by atoms with E-state index in [4.69, 9.17) is 0 Å². The predicted molar refractivity (Wildman–Crippen MR) is 81.2 cm³/mol. The van der Waals surface area contributed by atoms with Crippen LogP contribution in [-0.2, 0) is 9.59 Å². The van der Waals surface area contributed by atoms with Crippen LogP contribution in [0, 0.1) is 12.8 Å². The van der Waals surface area contributed by atoms with Gasteiger partial charge in [0.05, 0.1) is 11.4 Å². The van der Waals surface area contributed by atoms with Gasteiger partial charge in [0.25, 0.3) is 5.91 Å². The number of rotatable bonds is 3. The summed E-state index contributed by atoms with van der Waals surface area (Å²) < 4.78 is 0. The third kappa shape index (κ3) is 2.25. The summed E-state index contributed by atoms with van der Waals surface area (Å²) in [4.78, 5) is 23.8. The van der Waals surface area contributed by atoms with Gasteiger partial charge in [0.15, 0.2) is 0 Å². The van der Waals surface area contributed by atoms with E-state index in [2.05, 4.69) is 5.10 Å². The van der Waals surface area contributed by atoms with Crippen molar-refractivity contribution in [3.05, 3.63) is 65.7 Å². The van der Waals surface area contributed by atoms with E-state index in [1.165, 1.54) is 5.01 Å². The van der Waals surface area contributed by atoms with Gasteiger partial charge in [-0.15, -0.1) is 0 Å². The van der Waals surface area contributed by atoms with Gasteiger partial charge in [0.2, 0.25) is 0 Å². The van der Waals surface area contributed by atoms with Crippen LogP contribution < -0.4 is 5.01 Å². The molecule has 4 heteroatoms. The summed E-state index contributed by atoms with van der Waals surface area (Å²) in [6.07, 6.45) is 0.659. The summed E-state index contributed by atoms with van der Waals surface area (Å²) >= 11 is 0. The zero-order valence-electron chi connectivity index (χ0n) is 11.6. The highest BCUT2D eigenvalue weighted by atomic mass is 16.2. The summed E-state index contributed by atoms with van der Waals surface area (Å²) in [6, 6.07) is 16.8. The third-order valence-corrected chi connectivity index (χ3v) is 3.53. The first kappa shape index (κ1) is 13.2. The minimum atomic E-state index is -0.841. The van der Waals surface area contributed by atoms with E-state index in [1.54, 1.807) is 0 Å². The highest BCUT2D eigenvalue weighted by Crippen LogP contribution is 2.28. The largest absolute Gasteiger partial charge is 0.302 e. The number of hydrogen-bond acceptors (Lipinski definition) is 3. The van der Waals surface area contributed by atoms with Crippen molar-refractivity contribution in [2.75, 3.05) is 5.01 Å². The third-order valence-electron chi connectivity index (χ3n) is 3.53. The van der Waals surface area contributed by atoms with Crippen LogP contribution in [0.1, 0.15) is 11.1 Å². The van der Waals surface area contributed by atoms with Crippen LogP contribution in [0.3, 0.4) is 0 Å². The Morgan fingerprint density at radius 1 is 1.05 bits per heavy atom. The lowest BCUT2D eigenvalue weighted by molar-refractivity contribution is -0.123. The van der Waals surface area contributed by atoms with Crippen molar-refractivity contribution in [3.63, 3.8) is 0 Å². The van der Waals surface area contributed by atoms with Gasteiger partial charge in [0, 0.05) is 0 Å². The van der Waals surface area contributed by atoms with Crippen molar-refractivity contribution in [2.45, 2.75) is 6.92 Å². The molecule has 0 radical (unpaired) electrons. The number of aryl methyl sites for hydroxylation is 1. The van der Waals surface area contributed by atoms with Crippen molar-refractivity contribution in [2.24, 2.45) is 11.0 Å². The molecule has 1 aliphatic heterocycles. The lowest BCUT2D eigenvalue weighted by Gasteiger charge is -2.14. The van der Waals surface area contributed by atoms with Crippen molar-refractivity contribution in [3.8, 4) is 0 Å². The highest BCUT2D eigenvalue weighted by molar-refractivity contribution is 6.28. The van der Waals surface area contributed by atoms with Gasteiger partial charge in [0.1, 0.15) is 12.2 Å². The smallest absolute Gasteiger partial charge is 0.263 e. The van der Waals surface area contributed by atoms with Gasteiger partial charge < -0.3 is 4.79 Å². The van der Waals surface area contributed by atoms with Gasteiger partial charge in [-0.25, -0.2) is 0 Å². The number of amides is 1. The van der Waals surface area contributed by atoms with Crippen LogP contribution in [0.15, 0.2) is 59.7 Å². The molecule has 2 aromatic rings. The second kappa shape index (κ2) is 5.32. The Morgan fingerprint density at radius 2 is 1.71 bits per heavy atom. The first-order valence-corrected chi connectivity index (χ1v) is 6.71. The number of hydrazone groups is 1. The molecule has 0 aromatic heterocycles. The molecule has 0 bridgehead atoms. The molecule has 104 valence electrons. The van der Waals surface area contributed by atoms with Crippen LogP contribution >= 0.6 is 0 Å². The molecule has 0 N–H and O–H groups in total. The van der Waals surface area contributed by atoms with Gasteiger partial charge in [-0.2, -0.15) is 10.1 Å². The number of anilines is 1. The zero-order valence-corrected chi connectivity index (χ0v) is 11.6. The normalized spacial score (nSPS) is 17.8. The molecule has 1 atom stereocenters. The van der Waals surface area contributed by atoms with Crippen molar-refractivity contribution >= 4 is 23.6 Å². The van der Waals surface area contributed by atoms with Crippen LogP contribution in [0.25, 0.3) is 0 Å². The molecule has 1 aliphatic rings. The lowest BCUT2D eigenvalue weighted by atomic mass is 9.98. The number of aldehydes is 1. The monoisotopic (exact) mass is 278 g/mol. The lowest BCUT2D eigenvalue weighted by Crippen LogP contribution is -2.29. The molecular formula is C17H14N2O2. The number of benzene rings is 2. The van der Waals surface area contributed by atoms with E-state index in [1.807, 2.05) is 61.5 Å². The Bertz CT molecular complexity index is 723. The Labute approximate surface area is 122 Å². The quantitative estimate of drug-likeness (QED) is 0.640. The first-order valence-electron chi connectivity index (χ1n) is 6.71. The molecule has 0 saturated carbocycles. The summed E-state index contributed by atoms with van der Waals surface area (Å²) in [6.45, 7) is 1.91. The van der Waals surface area contributed by atoms with Gasteiger partial charge in [-0.3, -0.25) is 4.79 Å². The molecular weight excluding hydrogens is 264 g/mol. The maximum atomic E-state index is 12.5. The highest BCUT2D eigenvalue weighted by Gasteiger charge is 2.37. The summed E-state index contributed by atoms with van der Waals surface area (Å²) in [5.74, 6) is -1.15. The summed E-state index contributed by atoms with van der Waals surface area (Å²) in [7, 11) is 0. The maximum Gasteiger partial charge on any atom is 0.263 e. The molecule has 1 amide bonds. The van der Waals surface area contributed by atoms with E-state index < -0.39 is 5.92 Å². The number of carbonyl (C=O) groups excluding carboxylic acids is 2. The van der Waals surface area contributed by atoms with Crippen LogP contribution in [0.4, 0.5) is 5.69 Å². The van der Waals surface area contributed by atoms with E-state index in [0.717, 1.165) is 11.1 Å². The molecule has 3 rings (SSSR count). The number of para-hydroxylation sites is 1. The van der Waals surface area contributed by atoms with Crippen LogP contribution in [0.5, 0.6) is 0 Å². The fourth-order valence-corrected chi connectivity index (χ4v) is 2.41. The fraction of sp³-hybridized carbons (Fsp3) is 0.118. The standard InChI is InChI=1S/C17H14N2O2/c1-12-7-5-6-10-15(12)19-17(21)14(11-20)16(18-19)13-8-3-2-4-9-13/h2-11,14H,1H3. The topological polar surface area (TPSA) is 49.7 Å². The second-order valence-electron chi connectivity index (χ2n) is 4.90. The molecule has 2 aromatic carbocycles. The maximum absolute atomic E-state index is 12.5. The summed E-state index contributed by atoms with van der Waals surface area (Å²) in [5.41, 5.74) is 2.94. The van der Waals surface area contributed by atoms with Crippen molar-refractivity contribution < 1.29 is 9.59 Å². The van der Waals surface area contributed by atoms with E-state index in [0.29, 0.717) is 17.7 Å². The van der Waals surface area contributed by atoms with Gasteiger partial charge in [-0.1, -0.05) is 48.5 Å². The number of nitrogens with zero attached hydrogens (tertiary/aromatic N) is 2. The fourth-order valence-electron chi connectivity index (χ4n) is 2.41. The Balaban J connectivity index is 2.08. The Morgan fingerprint density at radius 3 is 2.38 bits per heavy atom. The Kier molecular flexibility index (Phi) is 3.36. The Hall–Kier alpha value is -2.75. The SMILES string of the molecule is Cc1ccccc1N1N=C(c2ccccc2)C(C=O)C1=O. The predicted octanol–water partition coefficient (Wildman–Crippen LogP) is 2.56. The molecule has 0 spiro atoms. The number of hydrogen-bond donors (Lipinski definition) is 0. The van der Waals surface area contributed by atoms with Crippen LogP contribution in [0.2, 0.25) is 0 Å². The molecule has 21 heavy (non-hydrogen) atoms. The molecule has 4 nitrogen and oxygen atoms in total. The minimum absolute atomic E-state index is 0.307. The van der Waals surface area contributed by atoms with E-state index in [9.17, 15) is 9.59 Å². The second-order valence-corrected chi connectivity index (χ2v) is 4.90. The minimum Gasteiger partial charge on any atom is -0.302 e. The average Bonchev–Trinajstić information content (AvgIpc) is 2.85. The molecule has 1 unspecified atom stereocenters. The first-order chi connectivity index (χ1) is 10.2.